The van der Waals surface area contributed by atoms with Crippen LogP contribution in [0.5, 0.6) is 0 Å². The van der Waals surface area contributed by atoms with Gasteiger partial charge in [-0.1, -0.05) is 56.3 Å². The third kappa shape index (κ3) is 3.92. The van der Waals surface area contributed by atoms with E-state index in [1.54, 1.807) is 26.0 Å². The number of benzene rings is 2. The van der Waals surface area contributed by atoms with Crippen molar-refractivity contribution in [2.75, 3.05) is 0 Å². The summed E-state index contributed by atoms with van der Waals surface area (Å²) in [5.41, 5.74) is 7.42. The molecule has 0 radical (unpaired) electrons. The topological polar surface area (TPSA) is 58.2 Å². The minimum absolute atomic E-state index is 0.175. The molecule has 108 valence electrons. The third-order valence-electron chi connectivity index (χ3n) is 3.08. The number of hydrogen-bond acceptors (Lipinski definition) is 2. The molecule has 0 bridgehead atoms. The Morgan fingerprint density at radius 1 is 0.810 bits per heavy atom. The molecule has 0 aromatic heterocycles. The normalized spacial score (nSPS) is 10.2. The van der Waals surface area contributed by atoms with E-state index in [9.17, 15) is 9.59 Å². The van der Waals surface area contributed by atoms with E-state index in [0.29, 0.717) is 5.56 Å². The summed E-state index contributed by atoms with van der Waals surface area (Å²) < 4.78 is 0. The molecule has 2 aromatic carbocycles. The molecule has 0 aliphatic rings. The number of hydrazine groups is 1. The Hall–Kier alpha value is -2.62. The van der Waals surface area contributed by atoms with Crippen molar-refractivity contribution >= 4 is 11.8 Å². The predicted molar refractivity (Wildman–Crippen MR) is 82.3 cm³/mol. The molecule has 0 saturated carbocycles. The van der Waals surface area contributed by atoms with Crippen molar-refractivity contribution in [1.29, 1.82) is 0 Å². The summed E-state index contributed by atoms with van der Waals surface area (Å²) in [4.78, 5) is 23.3. The van der Waals surface area contributed by atoms with Gasteiger partial charge in [-0.15, -0.1) is 0 Å². The summed E-state index contributed by atoms with van der Waals surface area (Å²) in [5.74, 6) is -0.723. The summed E-state index contributed by atoms with van der Waals surface area (Å²) in [5, 5.41) is 0. The van der Waals surface area contributed by atoms with Crippen molar-refractivity contribution in [1.82, 2.24) is 10.9 Å². The van der Waals surface area contributed by atoms with Crippen LogP contribution >= 0.6 is 0 Å². The average molecular weight is 282 g/mol. The lowest BCUT2D eigenvalue weighted by molar-refractivity contribution is -0.124. The second-order valence-electron chi connectivity index (χ2n) is 5.04. The number of amides is 2. The van der Waals surface area contributed by atoms with Crippen molar-refractivity contribution in [3.8, 4) is 11.1 Å². The highest BCUT2D eigenvalue weighted by Crippen LogP contribution is 2.19. The number of rotatable bonds is 3. The van der Waals surface area contributed by atoms with E-state index in [1.807, 2.05) is 42.5 Å². The Kier molecular flexibility index (Phi) is 4.72. The van der Waals surface area contributed by atoms with Gasteiger partial charge >= 0.3 is 0 Å². The van der Waals surface area contributed by atoms with Gasteiger partial charge in [0.15, 0.2) is 0 Å². The van der Waals surface area contributed by atoms with Crippen molar-refractivity contribution in [3.63, 3.8) is 0 Å². The van der Waals surface area contributed by atoms with Crippen LogP contribution in [0.3, 0.4) is 0 Å². The summed E-state index contributed by atoms with van der Waals surface area (Å²) in [6.45, 7) is 3.52. The van der Waals surface area contributed by atoms with Crippen LogP contribution in [0.2, 0.25) is 0 Å². The Labute approximate surface area is 124 Å². The number of hydrogen-bond donors (Lipinski definition) is 2. The molecular weight excluding hydrogens is 264 g/mol. The molecule has 2 amide bonds. The van der Waals surface area contributed by atoms with Gasteiger partial charge in [0.05, 0.1) is 0 Å². The molecule has 4 heteroatoms. The highest BCUT2D eigenvalue weighted by Gasteiger charge is 2.09. The lowest BCUT2D eigenvalue weighted by atomic mass is 10.0. The van der Waals surface area contributed by atoms with Gasteiger partial charge in [-0.05, 0) is 23.3 Å². The summed E-state index contributed by atoms with van der Waals surface area (Å²) >= 11 is 0. The SMILES string of the molecule is CC(C)C(=O)NNC(=O)c1ccc(-c2ccccc2)cc1. The minimum Gasteiger partial charge on any atom is -0.273 e. The molecule has 2 rings (SSSR count). The van der Waals surface area contributed by atoms with E-state index < -0.39 is 0 Å². The number of carbonyl (C=O) groups is 2. The van der Waals surface area contributed by atoms with Crippen LogP contribution in [0.4, 0.5) is 0 Å². The van der Waals surface area contributed by atoms with Gasteiger partial charge in [-0.3, -0.25) is 20.4 Å². The molecule has 0 atom stereocenters. The molecule has 2 aromatic rings. The van der Waals surface area contributed by atoms with Gasteiger partial charge in [0.25, 0.3) is 5.91 Å². The Morgan fingerprint density at radius 3 is 1.95 bits per heavy atom. The zero-order chi connectivity index (χ0) is 15.2. The zero-order valence-electron chi connectivity index (χ0n) is 12.1. The molecule has 0 unspecified atom stereocenters. The van der Waals surface area contributed by atoms with E-state index in [4.69, 9.17) is 0 Å². The van der Waals surface area contributed by atoms with Crippen molar-refractivity contribution in [2.45, 2.75) is 13.8 Å². The minimum atomic E-state index is -0.330. The van der Waals surface area contributed by atoms with Crippen molar-refractivity contribution in [3.05, 3.63) is 60.2 Å². The van der Waals surface area contributed by atoms with Gasteiger partial charge in [-0.25, -0.2) is 0 Å². The van der Waals surface area contributed by atoms with Gasteiger partial charge in [0.1, 0.15) is 0 Å². The van der Waals surface area contributed by atoms with E-state index in [2.05, 4.69) is 10.9 Å². The average Bonchev–Trinajstić information content (AvgIpc) is 2.53. The van der Waals surface area contributed by atoms with Crippen LogP contribution in [0.15, 0.2) is 54.6 Å². The summed E-state index contributed by atoms with van der Waals surface area (Å²) in [6.07, 6.45) is 0. The fourth-order valence-corrected chi connectivity index (χ4v) is 1.78. The zero-order valence-corrected chi connectivity index (χ0v) is 12.1. The first kappa shape index (κ1) is 14.8. The van der Waals surface area contributed by atoms with Crippen molar-refractivity contribution < 1.29 is 9.59 Å². The van der Waals surface area contributed by atoms with E-state index >= 15 is 0 Å². The van der Waals surface area contributed by atoms with Crippen LogP contribution < -0.4 is 10.9 Å². The highest BCUT2D eigenvalue weighted by molar-refractivity contribution is 5.95. The first-order chi connectivity index (χ1) is 10.1. The molecule has 0 saturated heterocycles. The van der Waals surface area contributed by atoms with Crippen LogP contribution in [-0.2, 0) is 4.79 Å². The molecule has 2 N–H and O–H groups in total. The second-order valence-corrected chi connectivity index (χ2v) is 5.04. The van der Waals surface area contributed by atoms with E-state index in [0.717, 1.165) is 11.1 Å². The predicted octanol–water partition coefficient (Wildman–Crippen LogP) is 2.77. The van der Waals surface area contributed by atoms with E-state index in [-0.39, 0.29) is 17.7 Å². The van der Waals surface area contributed by atoms with Gasteiger partial charge in [-0.2, -0.15) is 0 Å². The molecule has 21 heavy (non-hydrogen) atoms. The maximum absolute atomic E-state index is 11.9. The fourth-order valence-electron chi connectivity index (χ4n) is 1.78. The maximum Gasteiger partial charge on any atom is 0.269 e. The fraction of sp³-hybridized carbons (Fsp3) is 0.176. The van der Waals surface area contributed by atoms with Gasteiger partial charge < -0.3 is 0 Å². The first-order valence-corrected chi connectivity index (χ1v) is 6.83. The molecule has 0 aliphatic carbocycles. The van der Waals surface area contributed by atoms with Crippen LogP contribution in [0.1, 0.15) is 24.2 Å². The molecule has 0 spiro atoms. The maximum atomic E-state index is 11.9. The molecule has 4 nitrogen and oxygen atoms in total. The molecule has 0 heterocycles. The van der Waals surface area contributed by atoms with Crippen LogP contribution in [-0.4, -0.2) is 11.8 Å². The Morgan fingerprint density at radius 2 is 1.38 bits per heavy atom. The molecule has 0 aliphatic heterocycles. The van der Waals surface area contributed by atoms with Gasteiger partial charge in [0.2, 0.25) is 5.91 Å². The monoisotopic (exact) mass is 282 g/mol. The van der Waals surface area contributed by atoms with E-state index in [1.165, 1.54) is 0 Å². The molecular formula is C17H18N2O2. The number of nitrogens with one attached hydrogen (secondary N) is 2. The second kappa shape index (κ2) is 6.70. The highest BCUT2D eigenvalue weighted by atomic mass is 16.2. The molecule has 0 fully saturated rings. The van der Waals surface area contributed by atoms with Crippen molar-refractivity contribution in [2.24, 2.45) is 5.92 Å². The lowest BCUT2D eigenvalue weighted by Gasteiger charge is -2.09. The van der Waals surface area contributed by atoms with Crippen LogP contribution in [0.25, 0.3) is 11.1 Å². The Balaban J connectivity index is 2.02. The standard InChI is InChI=1S/C17H18N2O2/c1-12(2)16(20)18-19-17(21)15-10-8-14(9-11-15)13-6-4-3-5-7-13/h3-12H,1-2H3,(H,18,20)(H,19,21). The number of carbonyl (C=O) groups excluding carboxylic acids is 2. The smallest absolute Gasteiger partial charge is 0.269 e. The third-order valence-corrected chi connectivity index (χ3v) is 3.08. The first-order valence-electron chi connectivity index (χ1n) is 6.83. The van der Waals surface area contributed by atoms with Gasteiger partial charge in [0, 0.05) is 11.5 Å². The summed E-state index contributed by atoms with van der Waals surface area (Å²) in [6, 6.07) is 17.2. The quantitative estimate of drug-likeness (QED) is 0.850. The largest absolute Gasteiger partial charge is 0.273 e. The Bertz CT molecular complexity index is 619. The summed E-state index contributed by atoms with van der Waals surface area (Å²) in [7, 11) is 0. The van der Waals surface area contributed by atoms with Crippen LogP contribution in [0, 0.1) is 5.92 Å². The lowest BCUT2D eigenvalue weighted by Crippen LogP contribution is -2.43.